The van der Waals surface area contributed by atoms with E-state index in [2.05, 4.69) is 5.32 Å². The van der Waals surface area contributed by atoms with Crippen LogP contribution < -0.4 is 9.50 Å². The lowest BCUT2D eigenvalue weighted by Gasteiger charge is -2.15. The Morgan fingerprint density at radius 1 is 1.19 bits per heavy atom. The van der Waals surface area contributed by atoms with Crippen molar-refractivity contribution < 1.29 is 27.1 Å². The summed E-state index contributed by atoms with van der Waals surface area (Å²) >= 11 is 0. The predicted molar refractivity (Wildman–Crippen MR) is 110 cm³/mol. The van der Waals surface area contributed by atoms with Crippen LogP contribution in [0.25, 0.3) is 0 Å². The first-order valence-corrected chi connectivity index (χ1v) is 11.0. The van der Waals surface area contributed by atoms with Crippen LogP contribution in [0.5, 0.6) is 5.75 Å². The van der Waals surface area contributed by atoms with Crippen molar-refractivity contribution in [1.29, 1.82) is 0 Å². The Balaban J connectivity index is 1.54. The number of carbonyl (C=O) groups is 2. The van der Waals surface area contributed by atoms with E-state index in [0.29, 0.717) is 31.5 Å². The molecule has 0 bridgehead atoms. The molecule has 1 aliphatic rings. The molecule has 0 aromatic heterocycles. The predicted octanol–water partition coefficient (Wildman–Crippen LogP) is 2.10. The molecule has 3 rings (SSSR count). The van der Waals surface area contributed by atoms with Crippen LogP contribution in [-0.4, -0.2) is 49.7 Å². The minimum Gasteiger partial charge on any atom is -0.379 e. The Bertz CT molecular complexity index is 1080. The van der Waals surface area contributed by atoms with Crippen molar-refractivity contribution in [3.05, 3.63) is 64.2 Å². The van der Waals surface area contributed by atoms with Crippen molar-refractivity contribution in [1.82, 2.24) is 10.2 Å². The molecule has 0 aliphatic carbocycles. The molecule has 164 valence electrons. The molecule has 11 heteroatoms. The molecule has 1 aliphatic heterocycles. The van der Waals surface area contributed by atoms with Gasteiger partial charge in [0.1, 0.15) is 10.6 Å². The zero-order valence-electron chi connectivity index (χ0n) is 16.5. The van der Waals surface area contributed by atoms with Crippen molar-refractivity contribution in [2.45, 2.75) is 24.2 Å². The van der Waals surface area contributed by atoms with Gasteiger partial charge in [-0.25, -0.2) is 0 Å². The molecular weight excluding hydrogens is 426 g/mol. The Kier molecular flexibility index (Phi) is 6.85. The second-order valence-electron chi connectivity index (χ2n) is 6.91. The van der Waals surface area contributed by atoms with E-state index in [4.69, 9.17) is 4.18 Å². The van der Waals surface area contributed by atoms with Gasteiger partial charge >= 0.3 is 10.1 Å². The van der Waals surface area contributed by atoms with Gasteiger partial charge in [0.25, 0.3) is 11.6 Å². The second-order valence-corrected chi connectivity index (χ2v) is 8.46. The number of carbonyl (C=O) groups excluding carboxylic acids is 2. The fourth-order valence-corrected chi connectivity index (χ4v) is 4.07. The maximum absolute atomic E-state index is 12.3. The monoisotopic (exact) mass is 447 g/mol. The first-order chi connectivity index (χ1) is 14.8. The molecule has 10 nitrogen and oxygen atoms in total. The molecule has 1 saturated heterocycles. The Morgan fingerprint density at radius 2 is 1.94 bits per heavy atom. The average Bonchev–Trinajstić information content (AvgIpc) is 3.16. The molecule has 0 spiro atoms. The molecular formula is C20H21N3O7S. The quantitative estimate of drug-likeness (QED) is 0.269. The third-order valence-electron chi connectivity index (χ3n) is 4.70. The molecule has 0 unspecified atom stereocenters. The lowest BCUT2D eigenvalue weighted by molar-refractivity contribution is -0.385. The van der Waals surface area contributed by atoms with Gasteiger partial charge in [-0.05, 0) is 43.2 Å². The van der Waals surface area contributed by atoms with Crippen molar-refractivity contribution in [2.24, 2.45) is 0 Å². The minimum atomic E-state index is -4.27. The van der Waals surface area contributed by atoms with Crippen LogP contribution in [0.3, 0.4) is 0 Å². The highest BCUT2D eigenvalue weighted by Gasteiger charge is 2.21. The topological polar surface area (TPSA) is 136 Å². The zero-order valence-corrected chi connectivity index (χ0v) is 17.3. The number of benzene rings is 2. The Labute approximate surface area is 179 Å². The Morgan fingerprint density at radius 3 is 2.58 bits per heavy atom. The Hall–Kier alpha value is -3.47. The van der Waals surface area contributed by atoms with Crippen molar-refractivity contribution in [3.63, 3.8) is 0 Å². The van der Waals surface area contributed by atoms with Crippen LogP contribution in [0.4, 0.5) is 5.69 Å². The highest BCUT2D eigenvalue weighted by molar-refractivity contribution is 7.87. The highest BCUT2D eigenvalue weighted by Crippen LogP contribution is 2.22. The van der Waals surface area contributed by atoms with E-state index in [1.165, 1.54) is 42.5 Å². The van der Waals surface area contributed by atoms with E-state index in [1.54, 1.807) is 4.90 Å². The van der Waals surface area contributed by atoms with E-state index in [0.717, 1.165) is 19.0 Å². The number of non-ortho nitro benzene ring substituents is 1. The van der Waals surface area contributed by atoms with Gasteiger partial charge in [-0.15, -0.1) is 0 Å². The lowest BCUT2D eigenvalue weighted by Crippen LogP contribution is -2.30. The highest BCUT2D eigenvalue weighted by atomic mass is 32.2. The van der Waals surface area contributed by atoms with Crippen LogP contribution in [0, 0.1) is 10.1 Å². The van der Waals surface area contributed by atoms with Crippen LogP contribution in [0.2, 0.25) is 0 Å². The van der Waals surface area contributed by atoms with E-state index >= 15 is 0 Å². The standard InChI is InChI=1S/C20H21N3O7S/c24-19-6-2-12-22(19)13-3-11-21-20(25)15-7-9-17(10-8-15)30-31(28,29)18-5-1-4-16(14-18)23(26)27/h1,4-5,7-10,14H,2-3,6,11-13H2,(H,21,25). The van der Waals surface area contributed by atoms with Gasteiger partial charge in [-0.3, -0.25) is 19.7 Å². The van der Waals surface area contributed by atoms with Crippen LogP contribution in [-0.2, 0) is 14.9 Å². The van der Waals surface area contributed by atoms with Crippen molar-refractivity contribution in [3.8, 4) is 5.75 Å². The van der Waals surface area contributed by atoms with Gasteiger partial charge in [0, 0.05) is 43.8 Å². The van der Waals surface area contributed by atoms with E-state index in [-0.39, 0.29) is 28.1 Å². The van der Waals surface area contributed by atoms with Crippen molar-refractivity contribution in [2.75, 3.05) is 19.6 Å². The number of nitrogens with zero attached hydrogens (tertiary/aromatic N) is 2. The summed E-state index contributed by atoms with van der Waals surface area (Å²) in [4.78, 5) is 35.3. The number of nitrogens with one attached hydrogen (secondary N) is 1. The number of hydrogen-bond donors (Lipinski definition) is 1. The largest absolute Gasteiger partial charge is 0.379 e. The number of amides is 2. The van der Waals surface area contributed by atoms with Crippen molar-refractivity contribution >= 4 is 27.6 Å². The van der Waals surface area contributed by atoms with Crippen LogP contribution in [0.1, 0.15) is 29.6 Å². The molecule has 2 aromatic carbocycles. The maximum atomic E-state index is 12.3. The third-order valence-corrected chi connectivity index (χ3v) is 5.94. The van der Waals surface area contributed by atoms with Gasteiger partial charge in [-0.2, -0.15) is 8.42 Å². The van der Waals surface area contributed by atoms with Gasteiger partial charge in [0.15, 0.2) is 0 Å². The number of nitro benzene ring substituents is 1. The van der Waals surface area contributed by atoms with Gasteiger partial charge in [0.05, 0.1) is 4.92 Å². The molecule has 0 atom stereocenters. The SMILES string of the molecule is O=C(NCCCN1CCCC1=O)c1ccc(OS(=O)(=O)c2cccc([N+](=O)[O-])c2)cc1. The number of nitro groups is 1. The van der Waals surface area contributed by atoms with Crippen LogP contribution in [0.15, 0.2) is 53.4 Å². The van der Waals surface area contributed by atoms with Crippen LogP contribution >= 0.6 is 0 Å². The summed E-state index contributed by atoms with van der Waals surface area (Å²) < 4.78 is 29.7. The normalized spacial score (nSPS) is 13.8. The molecule has 1 N–H and O–H groups in total. The summed E-state index contributed by atoms with van der Waals surface area (Å²) in [5.41, 5.74) is -0.0527. The zero-order chi connectivity index (χ0) is 22.4. The van der Waals surface area contributed by atoms with Gasteiger partial charge in [0.2, 0.25) is 5.91 Å². The first-order valence-electron chi connectivity index (χ1n) is 9.61. The second kappa shape index (κ2) is 9.56. The fraction of sp³-hybridized carbons (Fsp3) is 0.300. The van der Waals surface area contributed by atoms with Gasteiger partial charge in [-0.1, -0.05) is 6.07 Å². The molecule has 1 fully saturated rings. The summed E-state index contributed by atoms with van der Waals surface area (Å²) in [5, 5.41) is 13.6. The number of hydrogen-bond acceptors (Lipinski definition) is 7. The summed E-state index contributed by atoms with van der Waals surface area (Å²) in [6, 6.07) is 10.0. The molecule has 2 amide bonds. The summed E-state index contributed by atoms with van der Waals surface area (Å²) in [7, 11) is -4.27. The average molecular weight is 447 g/mol. The fourth-order valence-electron chi connectivity index (χ4n) is 3.10. The van der Waals surface area contributed by atoms with Gasteiger partial charge < -0.3 is 14.4 Å². The first kappa shape index (κ1) is 22.2. The smallest absolute Gasteiger partial charge is 0.339 e. The number of rotatable bonds is 9. The van der Waals surface area contributed by atoms with E-state index in [9.17, 15) is 28.1 Å². The maximum Gasteiger partial charge on any atom is 0.339 e. The molecule has 2 aromatic rings. The summed E-state index contributed by atoms with van der Waals surface area (Å²) in [6.07, 6.45) is 2.09. The van der Waals surface area contributed by atoms with E-state index in [1.807, 2.05) is 0 Å². The summed E-state index contributed by atoms with van der Waals surface area (Å²) in [5.74, 6) is -0.224. The van der Waals surface area contributed by atoms with E-state index < -0.39 is 15.0 Å². The molecule has 1 heterocycles. The third kappa shape index (κ3) is 5.79. The number of likely N-dealkylation sites (tertiary alicyclic amines) is 1. The lowest BCUT2D eigenvalue weighted by atomic mass is 10.2. The molecule has 31 heavy (non-hydrogen) atoms. The molecule has 0 saturated carbocycles. The molecule has 0 radical (unpaired) electrons. The summed E-state index contributed by atoms with van der Waals surface area (Å²) in [6.45, 7) is 1.76. The minimum absolute atomic E-state index is 0.0319.